The van der Waals surface area contributed by atoms with E-state index in [2.05, 4.69) is 19.3 Å². The van der Waals surface area contributed by atoms with Crippen LogP contribution >= 0.6 is 0 Å². The maximum Gasteiger partial charge on any atom is 0.126 e. The average molecular weight is 238 g/mol. The molecule has 0 bridgehead atoms. The summed E-state index contributed by atoms with van der Waals surface area (Å²) in [5, 5.41) is 0. The number of hydrogen-bond donors (Lipinski definition) is 2. The van der Waals surface area contributed by atoms with Crippen molar-refractivity contribution in [1.29, 1.82) is 0 Å². The molecular weight excluding hydrogens is 215 g/mol. The summed E-state index contributed by atoms with van der Waals surface area (Å²) in [6.07, 6.45) is 3.31. The zero-order valence-electron chi connectivity index (χ0n) is 11.0. The van der Waals surface area contributed by atoms with Crippen LogP contribution in [-0.2, 0) is 0 Å². The van der Waals surface area contributed by atoms with Crippen molar-refractivity contribution < 1.29 is 4.39 Å². The summed E-state index contributed by atoms with van der Waals surface area (Å²) in [4.78, 5) is 0. The van der Waals surface area contributed by atoms with Gasteiger partial charge in [0.05, 0.1) is 0 Å². The van der Waals surface area contributed by atoms with Gasteiger partial charge in [0.25, 0.3) is 0 Å². The maximum atomic E-state index is 13.2. The molecule has 0 aliphatic rings. The minimum atomic E-state index is -0.160. The molecule has 3 heteroatoms. The Bertz CT molecular complexity index is 350. The molecule has 0 aliphatic heterocycles. The molecule has 1 aromatic carbocycles. The Kier molecular flexibility index (Phi) is 5.59. The highest BCUT2D eigenvalue weighted by molar-refractivity contribution is 5.26. The van der Waals surface area contributed by atoms with Crippen LogP contribution in [0.15, 0.2) is 18.2 Å². The van der Waals surface area contributed by atoms with Gasteiger partial charge in [-0.25, -0.2) is 4.39 Å². The Morgan fingerprint density at radius 3 is 2.53 bits per heavy atom. The van der Waals surface area contributed by atoms with Gasteiger partial charge < -0.3 is 0 Å². The molecule has 2 nitrogen and oxygen atoms in total. The number of halogens is 1. The molecule has 1 rings (SSSR count). The van der Waals surface area contributed by atoms with Crippen LogP contribution in [0.2, 0.25) is 0 Å². The fourth-order valence-corrected chi connectivity index (χ4v) is 1.96. The number of nitrogens with one attached hydrogen (secondary N) is 1. The van der Waals surface area contributed by atoms with Crippen LogP contribution in [0.4, 0.5) is 4.39 Å². The number of hydrazine groups is 1. The Labute approximate surface area is 103 Å². The molecule has 0 saturated carbocycles. The second-order valence-electron chi connectivity index (χ2n) is 5.05. The van der Waals surface area contributed by atoms with Crippen molar-refractivity contribution in [2.75, 3.05) is 0 Å². The number of benzene rings is 1. The van der Waals surface area contributed by atoms with E-state index < -0.39 is 0 Å². The van der Waals surface area contributed by atoms with E-state index >= 15 is 0 Å². The van der Waals surface area contributed by atoms with Gasteiger partial charge in [0.1, 0.15) is 5.82 Å². The lowest BCUT2D eigenvalue weighted by atomic mass is 9.97. The van der Waals surface area contributed by atoms with Crippen LogP contribution in [0.5, 0.6) is 0 Å². The normalized spacial score (nSPS) is 13.1. The Balaban J connectivity index is 2.62. The fraction of sp³-hybridized carbons (Fsp3) is 0.571. The predicted octanol–water partition coefficient (Wildman–Crippen LogP) is 3.46. The molecular formula is C14H23FN2. The molecule has 0 heterocycles. The van der Waals surface area contributed by atoms with E-state index in [1.807, 2.05) is 12.1 Å². The molecule has 1 unspecified atom stereocenters. The summed E-state index contributed by atoms with van der Waals surface area (Å²) >= 11 is 0. The molecule has 1 aromatic rings. The second kappa shape index (κ2) is 6.72. The number of aryl methyl sites for hydroxylation is 1. The Hall–Kier alpha value is -0.930. The fourth-order valence-electron chi connectivity index (χ4n) is 1.96. The van der Waals surface area contributed by atoms with Crippen LogP contribution in [0.3, 0.4) is 0 Å². The molecule has 0 saturated heterocycles. The molecule has 0 spiro atoms. The summed E-state index contributed by atoms with van der Waals surface area (Å²) < 4.78 is 13.2. The first kappa shape index (κ1) is 14.1. The highest BCUT2D eigenvalue weighted by Crippen LogP contribution is 2.22. The largest absolute Gasteiger partial charge is 0.271 e. The Morgan fingerprint density at radius 2 is 2.00 bits per heavy atom. The highest BCUT2D eigenvalue weighted by atomic mass is 19.1. The number of hydrogen-bond acceptors (Lipinski definition) is 2. The lowest BCUT2D eigenvalue weighted by Crippen LogP contribution is -2.28. The molecule has 17 heavy (non-hydrogen) atoms. The van der Waals surface area contributed by atoms with E-state index in [0.29, 0.717) is 11.5 Å². The van der Waals surface area contributed by atoms with Gasteiger partial charge in [-0.1, -0.05) is 38.8 Å². The van der Waals surface area contributed by atoms with E-state index in [1.165, 1.54) is 12.5 Å². The number of nitrogens with two attached hydrogens (primary N) is 1. The van der Waals surface area contributed by atoms with Gasteiger partial charge in [0, 0.05) is 6.04 Å². The molecule has 0 aromatic heterocycles. The topological polar surface area (TPSA) is 38.0 Å². The third kappa shape index (κ3) is 4.44. The van der Waals surface area contributed by atoms with Crippen molar-refractivity contribution in [2.45, 2.75) is 46.1 Å². The molecule has 0 fully saturated rings. The lowest BCUT2D eigenvalue weighted by molar-refractivity contribution is 0.454. The second-order valence-corrected chi connectivity index (χ2v) is 5.05. The van der Waals surface area contributed by atoms with Crippen molar-refractivity contribution >= 4 is 0 Å². The summed E-state index contributed by atoms with van der Waals surface area (Å²) in [5.41, 5.74) is 4.55. The van der Waals surface area contributed by atoms with Crippen molar-refractivity contribution in [3.8, 4) is 0 Å². The summed E-state index contributed by atoms with van der Waals surface area (Å²) in [6.45, 7) is 6.21. The van der Waals surface area contributed by atoms with E-state index in [9.17, 15) is 4.39 Å². The van der Waals surface area contributed by atoms with Gasteiger partial charge in [0.15, 0.2) is 0 Å². The van der Waals surface area contributed by atoms with Gasteiger partial charge in [0.2, 0.25) is 0 Å². The van der Waals surface area contributed by atoms with Crippen LogP contribution in [0, 0.1) is 18.7 Å². The highest BCUT2D eigenvalue weighted by Gasteiger charge is 2.11. The third-order valence-corrected chi connectivity index (χ3v) is 3.06. The van der Waals surface area contributed by atoms with Crippen molar-refractivity contribution in [2.24, 2.45) is 11.8 Å². The van der Waals surface area contributed by atoms with Crippen molar-refractivity contribution in [1.82, 2.24) is 5.43 Å². The maximum absolute atomic E-state index is 13.2. The monoisotopic (exact) mass is 238 g/mol. The summed E-state index contributed by atoms with van der Waals surface area (Å²) in [6, 6.07) is 5.31. The predicted molar refractivity (Wildman–Crippen MR) is 69.9 cm³/mol. The smallest absolute Gasteiger partial charge is 0.126 e. The zero-order chi connectivity index (χ0) is 12.8. The van der Waals surface area contributed by atoms with Crippen LogP contribution in [-0.4, -0.2) is 0 Å². The van der Waals surface area contributed by atoms with E-state index in [0.717, 1.165) is 18.4 Å². The minimum absolute atomic E-state index is 0.119. The van der Waals surface area contributed by atoms with Crippen molar-refractivity contribution in [3.63, 3.8) is 0 Å². The lowest BCUT2D eigenvalue weighted by Gasteiger charge is -2.17. The first-order chi connectivity index (χ1) is 8.04. The van der Waals surface area contributed by atoms with Crippen molar-refractivity contribution in [3.05, 3.63) is 35.1 Å². The quantitative estimate of drug-likeness (QED) is 0.588. The molecule has 1 atom stereocenters. The Morgan fingerprint density at radius 1 is 1.29 bits per heavy atom. The van der Waals surface area contributed by atoms with Crippen LogP contribution < -0.4 is 11.3 Å². The average Bonchev–Trinajstić information content (AvgIpc) is 2.28. The van der Waals surface area contributed by atoms with Gasteiger partial charge in [-0.05, 0) is 36.5 Å². The number of rotatable bonds is 6. The van der Waals surface area contributed by atoms with Gasteiger partial charge in [-0.2, -0.15) is 0 Å². The first-order valence-corrected chi connectivity index (χ1v) is 6.26. The van der Waals surface area contributed by atoms with Gasteiger partial charge in [-0.15, -0.1) is 0 Å². The summed E-state index contributed by atoms with van der Waals surface area (Å²) in [7, 11) is 0. The minimum Gasteiger partial charge on any atom is -0.271 e. The van der Waals surface area contributed by atoms with E-state index in [4.69, 9.17) is 5.84 Å². The third-order valence-electron chi connectivity index (χ3n) is 3.06. The summed E-state index contributed by atoms with van der Waals surface area (Å²) in [5.74, 6) is 6.12. The molecule has 0 radical (unpaired) electrons. The zero-order valence-corrected chi connectivity index (χ0v) is 11.0. The molecule has 3 N–H and O–H groups in total. The van der Waals surface area contributed by atoms with Crippen LogP contribution in [0.1, 0.15) is 50.3 Å². The van der Waals surface area contributed by atoms with E-state index in [1.54, 1.807) is 6.92 Å². The molecule has 96 valence electrons. The molecule has 0 amide bonds. The van der Waals surface area contributed by atoms with Gasteiger partial charge >= 0.3 is 0 Å². The SMILES string of the molecule is Cc1cc(C(CCCC(C)C)NN)ccc1F. The van der Waals surface area contributed by atoms with Crippen LogP contribution in [0.25, 0.3) is 0 Å². The van der Waals surface area contributed by atoms with Gasteiger partial charge in [-0.3, -0.25) is 11.3 Å². The van der Waals surface area contributed by atoms with E-state index in [-0.39, 0.29) is 11.9 Å². The molecule has 0 aliphatic carbocycles. The first-order valence-electron chi connectivity index (χ1n) is 6.26. The standard InChI is InChI=1S/C14H23FN2/c1-10(2)5-4-6-14(17-16)12-7-8-13(15)11(3)9-12/h7-10,14,17H,4-6,16H2,1-3H3.